The lowest BCUT2D eigenvalue weighted by Gasteiger charge is -2.10. The van der Waals surface area contributed by atoms with Gasteiger partial charge in [-0.1, -0.05) is 13.8 Å². The molecule has 0 aliphatic carbocycles. The third-order valence-electron chi connectivity index (χ3n) is 2.60. The van der Waals surface area contributed by atoms with Crippen molar-refractivity contribution in [2.45, 2.75) is 34.2 Å². The zero-order chi connectivity index (χ0) is 13.0. The van der Waals surface area contributed by atoms with Crippen LogP contribution < -0.4 is 5.32 Å². The number of aryl methyl sites for hydroxylation is 1. The largest absolute Gasteiger partial charge is 0.311 e. The van der Waals surface area contributed by atoms with E-state index >= 15 is 0 Å². The second-order valence-electron chi connectivity index (χ2n) is 4.64. The Balaban J connectivity index is 2.87. The number of nitrogens with one attached hydrogen (secondary N) is 1. The van der Waals surface area contributed by atoms with Crippen LogP contribution in [0, 0.1) is 29.9 Å². The Labute approximate surface area is 101 Å². The van der Waals surface area contributed by atoms with Crippen LogP contribution in [0.4, 0.5) is 5.69 Å². The molecule has 0 bridgehead atoms. The maximum Gasteiger partial charge on any atom is 0.278 e. The van der Waals surface area contributed by atoms with E-state index in [0.29, 0.717) is 23.6 Å². The molecular formula is C12H19N3O2. The lowest BCUT2D eigenvalue weighted by molar-refractivity contribution is -0.386. The van der Waals surface area contributed by atoms with Crippen molar-refractivity contribution in [1.82, 2.24) is 10.3 Å². The molecule has 1 aromatic heterocycles. The molecule has 1 aromatic rings. The second-order valence-corrected chi connectivity index (χ2v) is 4.64. The fraction of sp³-hybridized carbons (Fsp3) is 0.583. The molecule has 0 aromatic carbocycles. The molecule has 0 fully saturated rings. The van der Waals surface area contributed by atoms with Crippen molar-refractivity contribution in [3.05, 3.63) is 33.1 Å². The monoisotopic (exact) mass is 237 g/mol. The Hall–Kier alpha value is -1.49. The first kappa shape index (κ1) is 13.6. The summed E-state index contributed by atoms with van der Waals surface area (Å²) in [5, 5.41) is 14.2. The van der Waals surface area contributed by atoms with Gasteiger partial charge in [0.15, 0.2) is 0 Å². The molecule has 0 saturated heterocycles. The smallest absolute Gasteiger partial charge is 0.278 e. The lowest BCUT2D eigenvalue weighted by Crippen LogP contribution is -2.20. The molecule has 0 aliphatic heterocycles. The highest BCUT2D eigenvalue weighted by molar-refractivity contribution is 5.47. The molecule has 0 radical (unpaired) electrons. The van der Waals surface area contributed by atoms with Crippen LogP contribution in [0.5, 0.6) is 0 Å². The summed E-state index contributed by atoms with van der Waals surface area (Å²) < 4.78 is 0. The Kier molecular flexibility index (Phi) is 4.57. The summed E-state index contributed by atoms with van der Waals surface area (Å²) >= 11 is 0. The van der Waals surface area contributed by atoms with Gasteiger partial charge in [0, 0.05) is 23.9 Å². The van der Waals surface area contributed by atoms with E-state index in [1.165, 1.54) is 0 Å². The molecule has 1 heterocycles. The summed E-state index contributed by atoms with van der Waals surface area (Å²) in [5.74, 6) is 0.552. The molecule has 0 atom stereocenters. The van der Waals surface area contributed by atoms with Gasteiger partial charge in [0.25, 0.3) is 5.69 Å². The van der Waals surface area contributed by atoms with E-state index < -0.39 is 0 Å². The van der Waals surface area contributed by atoms with E-state index in [9.17, 15) is 10.1 Å². The molecule has 5 heteroatoms. The minimum atomic E-state index is -0.335. The first-order chi connectivity index (χ1) is 7.93. The average Bonchev–Trinajstić information content (AvgIpc) is 2.20. The van der Waals surface area contributed by atoms with Gasteiger partial charge >= 0.3 is 0 Å². The molecule has 1 rings (SSSR count). The number of hydrogen-bond acceptors (Lipinski definition) is 4. The normalized spacial score (nSPS) is 10.9. The molecule has 94 valence electrons. The van der Waals surface area contributed by atoms with Crippen molar-refractivity contribution < 1.29 is 4.92 Å². The molecule has 0 unspecified atom stereocenters. The van der Waals surface area contributed by atoms with Gasteiger partial charge in [-0.3, -0.25) is 15.1 Å². The summed E-state index contributed by atoms with van der Waals surface area (Å²) in [4.78, 5) is 14.8. The summed E-state index contributed by atoms with van der Waals surface area (Å²) in [7, 11) is 0. The quantitative estimate of drug-likeness (QED) is 0.630. The van der Waals surface area contributed by atoms with Crippen molar-refractivity contribution in [3.63, 3.8) is 0 Å². The van der Waals surface area contributed by atoms with Gasteiger partial charge in [-0.15, -0.1) is 0 Å². The first-order valence-corrected chi connectivity index (χ1v) is 5.73. The molecule has 0 spiro atoms. The number of nitrogens with zero attached hydrogens (tertiary/aromatic N) is 2. The fourth-order valence-electron chi connectivity index (χ4n) is 1.70. The van der Waals surface area contributed by atoms with Crippen molar-refractivity contribution >= 4 is 5.69 Å². The van der Waals surface area contributed by atoms with Crippen LogP contribution in [0.3, 0.4) is 0 Å². The van der Waals surface area contributed by atoms with Crippen LogP contribution in [-0.4, -0.2) is 16.5 Å². The number of aromatic nitrogens is 1. The highest BCUT2D eigenvalue weighted by Crippen LogP contribution is 2.23. The van der Waals surface area contributed by atoms with Crippen molar-refractivity contribution in [2.24, 2.45) is 5.92 Å². The van der Waals surface area contributed by atoms with Gasteiger partial charge < -0.3 is 5.32 Å². The third kappa shape index (κ3) is 3.49. The summed E-state index contributed by atoms with van der Waals surface area (Å²) in [6, 6.07) is 0. The van der Waals surface area contributed by atoms with Gasteiger partial charge in [-0.2, -0.15) is 0 Å². The minimum absolute atomic E-state index is 0.182. The predicted molar refractivity (Wildman–Crippen MR) is 66.9 cm³/mol. The minimum Gasteiger partial charge on any atom is -0.311 e. The van der Waals surface area contributed by atoms with Crippen LogP contribution in [0.25, 0.3) is 0 Å². The predicted octanol–water partition coefficient (Wildman–Crippen LogP) is 2.35. The van der Waals surface area contributed by atoms with Gasteiger partial charge in [-0.25, -0.2) is 0 Å². The van der Waals surface area contributed by atoms with Crippen LogP contribution in [0.2, 0.25) is 0 Å². The molecule has 5 nitrogen and oxygen atoms in total. The average molecular weight is 237 g/mol. The topological polar surface area (TPSA) is 68.1 Å². The van der Waals surface area contributed by atoms with Gasteiger partial charge in [0.05, 0.1) is 10.6 Å². The molecule has 17 heavy (non-hydrogen) atoms. The molecule has 0 amide bonds. The standard InChI is InChI=1S/C12H19N3O2/c1-8(2)5-13-7-11-10(4)12(15(16)17)9(3)6-14-11/h6,8,13H,5,7H2,1-4H3. The zero-order valence-corrected chi connectivity index (χ0v) is 10.8. The second kappa shape index (κ2) is 5.72. The molecule has 0 aliphatic rings. The van der Waals surface area contributed by atoms with Crippen molar-refractivity contribution in [1.29, 1.82) is 0 Å². The SMILES string of the molecule is Cc1cnc(CNCC(C)C)c(C)c1[N+](=O)[O-]. The maximum absolute atomic E-state index is 10.9. The summed E-state index contributed by atoms with van der Waals surface area (Å²) in [6.45, 7) is 9.15. The van der Waals surface area contributed by atoms with Crippen LogP contribution >= 0.6 is 0 Å². The Morgan fingerprint density at radius 1 is 1.47 bits per heavy atom. The van der Waals surface area contributed by atoms with Gasteiger partial charge in [-0.05, 0) is 26.3 Å². The lowest BCUT2D eigenvalue weighted by atomic mass is 10.1. The third-order valence-corrected chi connectivity index (χ3v) is 2.60. The van der Waals surface area contributed by atoms with Crippen LogP contribution in [-0.2, 0) is 6.54 Å². The van der Waals surface area contributed by atoms with Gasteiger partial charge in [0.1, 0.15) is 0 Å². The van der Waals surface area contributed by atoms with E-state index in [0.717, 1.165) is 12.2 Å². The molecule has 1 N–H and O–H groups in total. The maximum atomic E-state index is 10.9. The Morgan fingerprint density at radius 2 is 2.12 bits per heavy atom. The highest BCUT2D eigenvalue weighted by Gasteiger charge is 2.18. The summed E-state index contributed by atoms with van der Waals surface area (Å²) in [5.41, 5.74) is 2.20. The van der Waals surface area contributed by atoms with Crippen molar-refractivity contribution in [2.75, 3.05) is 6.54 Å². The number of nitro groups is 1. The number of hydrogen-bond donors (Lipinski definition) is 1. The van der Waals surface area contributed by atoms with Crippen LogP contribution in [0.15, 0.2) is 6.20 Å². The van der Waals surface area contributed by atoms with Crippen LogP contribution in [0.1, 0.15) is 30.7 Å². The first-order valence-electron chi connectivity index (χ1n) is 5.73. The van der Waals surface area contributed by atoms with E-state index in [1.807, 2.05) is 0 Å². The number of rotatable bonds is 5. The zero-order valence-electron chi connectivity index (χ0n) is 10.8. The number of pyridine rings is 1. The summed E-state index contributed by atoms with van der Waals surface area (Å²) in [6.07, 6.45) is 1.57. The Morgan fingerprint density at radius 3 is 2.65 bits per heavy atom. The van der Waals surface area contributed by atoms with E-state index in [1.54, 1.807) is 20.0 Å². The fourth-order valence-corrected chi connectivity index (χ4v) is 1.70. The van der Waals surface area contributed by atoms with E-state index in [2.05, 4.69) is 24.1 Å². The molecule has 0 saturated carbocycles. The highest BCUT2D eigenvalue weighted by atomic mass is 16.6. The van der Waals surface area contributed by atoms with Crippen molar-refractivity contribution in [3.8, 4) is 0 Å². The molecular weight excluding hydrogens is 218 g/mol. The van der Waals surface area contributed by atoms with E-state index in [-0.39, 0.29) is 10.6 Å². The van der Waals surface area contributed by atoms with E-state index in [4.69, 9.17) is 0 Å². The van der Waals surface area contributed by atoms with Gasteiger partial charge in [0.2, 0.25) is 0 Å². The Bertz CT molecular complexity index is 416.